The van der Waals surface area contributed by atoms with E-state index in [1.165, 1.54) is 0 Å². The van der Waals surface area contributed by atoms with E-state index in [-0.39, 0.29) is 5.92 Å². The monoisotopic (exact) mass is 451 g/mol. The highest BCUT2D eigenvalue weighted by molar-refractivity contribution is 6.30. The maximum absolute atomic E-state index is 13.0. The first kappa shape index (κ1) is 24.9. The summed E-state index contributed by atoms with van der Waals surface area (Å²) in [6, 6.07) is 25.5. The van der Waals surface area contributed by atoms with Crippen molar-refractivity contribution in [1.82, 2.24) is 0 Å². The molecule has 1 N–H and O–H groups in total. The van der Waals surface area contributed by atoms with Gasteiger partial charge in [0, 0.05) is 17.7 Å². The molecule has 0 radical (unpaired) electrons. The number of nitriles is 1. The molecule has 0 aliphatic rings. The van der Waals surface area contributed by atoms with Crippen LogP contribution in [0.2, 0.25) is 5.02 Å². The Morgan fingerprint density at radius 2 is 1.53 bits per heavy atom. The van der Waals surface area contributed by atoms with Crippen molar-refractivity contribution in [3.8, 4) is 17.6 Å². The zero-order chi connectivity index (χ0) is 23.5. The number of nitrogens with zero attached hydrogens (tertiary/aromatic N) is 1. The summed E-state index contributed by atoms with van der Waals surface area (Å²) in [6.45, 7) is 3.88. The summed E-state index contributed by atoms with van der Waals surface area (Å²) in [5, 5.41) is 17.2. The van der Waals surface area contributed by atoms with E-state index >= 15 is 0 Å². The van der Waals surface area contributed by atoms with E-state index in [0.29, 0.717) is 22.1 Å². The fourth-order valence-corrected chi connectivity index (χ4v) is 3.31. The fraction of sp³-hybridized carbons (Fsp3) is 0.231. The lowest BCUT2D eigenvalue weighted by molar-refractivity contribution is -0.150. The standard InChI is InChI=1S/C25H22ClNO3.CH4O/c1-17(2)24(18-11-13-20(26)14-12-18)25(28)30-23(16-27)19-7-6-10-22(15-19)29-21-8-4-3-5-9-21;1-2/h3-15,17,23-24H,1-2H3;2H,1H3. The Morgan fingerprint density at radius 1 is 0.906 bits per heavy atom. The minimum atomic E-state index is -1.04. The molecule has 0 saturated heterocycles. The fourth-order valence-electron chi connectivity index (χ4n) is 3.19. The van der Waals surface area contributed by atoms with E-state index in [0.717, 1.165) is 12.7 Å². The Labute approximate surface area is 193 Å². The quantitative estimate of drug-likeness (QED) is 0.427. The highest BCUT2D eigenvalue weighted by Crippen LogP contribution is 2.31. The molecule has 0 saturated carbocycles. The van der Waals surface area contributed by atoms with Gasteiger partial charge in [0.2, 0.25) is 6.10 Å². The molecule has 0 bridgehead atoms. The average molecular weight is 452 g/mol. The van der Waals surface area contributed by atoms with Crippen LogP contribution in [-0.4, -0.2) is 18.2 Å². The third-order valence-electron chi connectivity index (χ3n) is 4.64. The van der Waals surface area contributed by atoms with Crippen LogP contribution in [0.4, 0.5) is 0 Å². The first-order valence-corrected chi connectivity index (χ1v) is 10.5. The van der Waals surface area contributed by atoms with Gasteiger partial charge in [-0.2, -0.15) is 5.26 Å². The van der Waals surface area contributed by atoms with Crippen molar-refractivity contribution in [2.24, 2.45) is 5.92 Å². The van der Waals surface area contributed by atoms with E-state index in [1.54, 1.807) is 36.4 Å². The number of carbonyl (C=O) groups excluding carboxylic acids is 1. The molecule has 2 atom stereocenters. The zero-order valence-electron chi connectivity index (χ0n) is 18.2. The largest absolute Gasteiger partial charge is 0.457 e. The van der Waals surface area contributed by atoms with Crippen LogP contribution in [0.5, 0.6) is 11.5 Å². The molecule has 0 amide bonds. The van der Waals surface area contributed by atoms with Gasteiger partial charge in [-0.3, -0.25) is 4.79 Å². The van der Waals surface area contributed by atoms with E-state index in [1.807, 2.05) is 56.3 Å². The second-order valence-electron chi connectivity index (χ2n) is 7.21. The number of carbonyl (C=O) groups is 1. The van der Waals surface area contributed by atoms with E-state index < -0.39 is 18.0 Å². The van der Waals surface area contributed by atoms with Crippen molar-refractivity contribution in [1.29, 1.82) is 5.26 Å². The number of esters is 1. The number of rotatable bonds is 7. The van der Waals surface area contributed by atoms with Crippen molar-refractivity contribution in [3.63, 3.8) is 0 Å². The van der Waals surface area contributed by atoms with Crippen LogP contribution in [-0.2, 0) is 9.53 Å². The lowest BCUT2D eigenvalue weighted by Gasteiger charge is -2.22. The molecule has 0 aromatic heterocycles. The normalized spacial score (nSPS) is 12.0. The van der Waals surface area contributed by atoms with Gasteiger partial charge in [-0.1, -0.05) is 67.9 Å². The topological polar surface area (TPSA) is 79.6 Å². The molecule has 6 heteroatoms. The Kier molecular flexibility index (Phi) is 9.75. The van der Waals surface area contributed by atoms with Crippen LogP contribution in [0, 0.1) is 17.2 Å². The predicted octanol–water partition coefficient (Wildman–Crippen LogP) is 6.29. The molecule has 0 spiro atoms. The molecule has 0 aliphatic heterocycles. The van der Waals surface area contributed by atoms with E-state index in [2.05, 4.69) is 6.07 Å². The van der Waals surface area contributed by atoms with Gasteiger partial charge in [-0.15, -0.1) is 0 Å². The Balaban J connectivity index is 0.00000176. The summed E-state index contributed by atoms with van der Waals surface area (Å²) in [7, 11) is 1.00. The molecule has 0 aliphatic carbocycles. The minimum absolute atomic E-state index is 0.00855. The minimum Gasteiger partial charge on any atom is -0.457 e. The first-order chi connectivity index (χ1) is 15.5. The van der Waals surface area contributed by atoms with Gasteiger partial charge in [0.05, 0.1) is 5.92 Å². The number of para-hydroxylation sites is 1. The summed E-state index contributed by atoms with van der Waals surface area (Å²) in [5.41, 5.74) is 1.36. The molecule has 166 valence electrons. The number of halogens is 1. The summed E-state index contributed by atoms with van der Waals surface area (Å²) in [6.07, 6.45) is -1.04. The van der Waals surface area contributed by atoms with Crippen LogP contribution in [0.1, 0.15) is 37.0 Å². The molecule has 3 rings (SSSR count). The number of benzene rings is 3. The third kappa shape index (κ3) is 6.84. The number of ether oxygens (including phenoxy) is 2. The van der Waals surface area contributed by atoms with Crippen LogP contribution in [0.15, 0.2) is 78.9 Å². The summed E-state index contributed by atoms with van der Waals surface area (Å²) < 4.78 is 11.4. The maximum Gasteiger partial charge on any atom is 0.315 e. The highest BCUT2D eigenvalue weighted by atomic mass is 35.5. The second kappa shape index (κ2) is 12.5. The second-order valence-corrected chi connectivity index (χ2v) is 7.64. The summed E-state index contributed by atoms with van der Waals surface area (Å²) in [4.78, 5) is 13.0. The Bertz CT molecular complexity index is 1030. The lowest BCUT2D eigenvalue weighted by Crippen LogP contribution is -2.22. The lowest BCUT2D eigenvalue weighted by atomic mass is 9.88. The molecular weight excluding hydrogens is 426 g/mol. The predicted molar refractivity (Wildman–Crippen MR) is 125 cm³/mol. The van der Waals surface area contributed by atoms with Crippen LogP contribution in [0.25, 0.3) is 0 Å². The van der Waals surface area contributed by atoms with E-state index in [4.69, 9.17) is 26.2 Å². The van der Waals surface area contributed by atoms with Gasteiger partial charge in [-0.05, 0) is 47.9 Å². The number of hydrogen-bond acceptors (Lipinski definition) is 5. The van der Waals surface area contributed by atoms with Crippen LogP contribution >= 0.6 is 11.6 Å². The summed E-state index contributed by atoms with van der Waals surface area (Å²) in [5.74, 6) is 0.289. The third-order valence-corrected chi connectivity index (χ3v) is 4.89. The molecule has 0 fully saturated rings. The van der Waals surface area contributed by atoms with Crippen molar-refractivity contribution < 1.29 is 19.4 Å². The number of hydrogen-bond donors (Lipinski definition) is 1. The van der Waals surface area contributed by atoms with Crippen molar-refractivity contribution >= 4 is 17.6 Å². The van der Waals surface area contributed by atoms with E-state index in [9.17, 15) is 10.1 Å². The zero-order valence-corrected chi connectivity index (χ0v) is 19.0. The Hall–Kier alpha value is -3.33. The summed E-state index contributed by atoms with van der Waals surface area (Å²) >= 11 is 5.96. The SMILES string of the molecule is CC(C)C(C(=O)OC(C#N)c1cccc(Oc2ccccc2)c1)c1ccc(Cl)cc1.CO. The number of aliphatic hydroxyl groups is 1. The maximum atomic E-state index is 13.0. The van der Waals surface area contributed by atoms with Gasteiger partial charge < -0.3 is 14.6 Å². The average Bonchev–Trinajstić information content (AvgIpc) is 2.81. The van der Waals surface area contributed by atoms with Crippen LogP contribution in [0.3, 0.4) is 0 Å². The molecular formula is C26H26ClNO4. The van der Waals surface area contributed by atoms with Crippen molar-refractivity contribution in [2.75, 3.05) is 7.11 Å². The van der Waals surface area contributed by atoms with Gasteiger partial charge >= 0.3 is 5.97 Å². The van der Waals surface area contributed by atoms with Gasteiger partial charge in [0.25, 0.3) is 0 Å². The smallest absolute Gasteiger partial charge is 0.315 e. The molecule has 5 nitrogen and oxygen atoms in total. The molecule has 3 aromatic carbocycles. The highest BCUT2D eigenvalue weighted by Gasteiger charge is 2.29. The van der Waals surface area contributed by atoms with Crippen LogP contribution < -0.4 is 4.74 Å². The van der Waals surface area contributed by atoms with Gasteiger partial charge in [0.15, 0.2) is 0 Å². The molecule has 3 aromatic rings. The molecule has 0 heterocycles. The molecule has 2 unspecified atom stereocenters. The van der Waals surface area contributed by atoms with Crippen molar-refractivity contribution in [2.45, 2.75) is 25.9 Å². The van der Waals surface area contributed by atoms with Crippen molar-refractivity contribution in [3.05, 3.63) is 95.0 Å². The Morgan fingerprint density at radius 3 is 2.12 bits per heavy atom. The van der Waals surface area contributed by atoms with Gasteiger partial charge in [0.1, 0.15) is 17.6 Å². The van der Waals surface area contributed by atoms with Gasteiger partial charge in [-0.25, -0.2) is 0 Å². The number of aliphatic hydroxyl groups excluding tert-OH is 1. The molecule has 32 heavy (non-hydrogen) atoms. The first-order valence-electron chi connectivity index (χ1n) is 10.1.